The van der Waals surface area contributed by atoms with Crippen LogP contribution in [-0.4, -0.2) is 26.0 Å². The van der Waals surface area contributed by atoms with Crippen LogP contribution >= 0.6 is 11.6 Å². The summed E-state index contributed by atoms with van der Waals surface area (Å²) < 4.78 is 10.7. The Kier molecular flexibility index (Phi) is 6.11. The van der Waals surface area contributed by atoms with Crippen molar-refractivity contribution < 1.29 is 19.1 Å². The average Bonchev–Trinajstić information content (AvgIpc) is 3.05. The van der Waals surface area contributed by atoms with E-state index in [1.807, 2.05) is 32.0 Å². The minimum absolute atomic E-state index is 0.162. The van der Waals surface area contributed by atoms with Gasteiger partial charge in [-0.2, -0.15) is 0 Å². The molecule has 0 unspecified atom stereocenters. The number of carbonyl (C=O) groups excluding carboxylic acids is 2. The fraction of sp³-hybridized carbons (Fsp3) is 0.154. The number of nitrogens with one attached hydrogen (secondary N) is 1. The molecule has 0 saturated carbocycles. The van der Waals surface area contributed by atoms with E-state index in [1.54, 1.807) is 49.6 Å². The van der Waals surface area contributed by atoms with E-state index in [1.165, 1.54) is 7.11 Å². The molecule has 2 amide bonds. The Balaban J connectivity index is 1.85. The number of hydrogen-bond acceptors (Lipinski definition) is 5. The van der Waals surface area contributed by atoms with E-state index in [9.17, 15) is 9.59 Å². The molecule has 3 aromatic rings. The summed E-state index contributed by atoms with van der Waals surface area (Å²) in [5, 5.41) is 3.45. The molecule has 6 nitrogen and oxygen atoms in total. The van der Waals surface area contributed by atoms with Crippen molar-refractivity contribution in [1.29, 1.82) is 0 Å². The van der Waals surface area contributed by atoms with Crippen LogP contribution in [0.15, 0.2) is 66.4 Å². The minimum Gasteiger partial charge on any atom is -0.493 e. The highest BCUT2D eigenvalue weighted by molar-refractivity contribution is 6.48. The quantitative estimate of drug-likeness (QED) is 0.499. The molecule has 0 atom stereocenters. The highest BCUT2D eigenvalue weighted by Crippen LogP contribution is 2.38. The molecular weight excluding hydrogens is 440 g/mol. The number of carbonyl (C=O) groups is 2. The first-order valence-electron chi connectivity index (χ1n) is 10.3. The Morgan fingerprint density at radius 2 is 1.55 bits per heavy atom. The van der Waals surface area contributed by atoms with Crippen LogP contribution in [0.25, 0.3) is 5.57 Å². The third-order valence-corrected chi connectivity index (χ3v) is 5.95. The second-order valence-corrected chi connectivity index (χ2v) is 8.05. The molecule has 1 aliphatic rings. The predicted octanol–water partition coefficient (Wildman–Crippen LogP) is 5.37. The van der Waals surface area contributed by atoms with Gasteiger partial charge in [-0.15, -0.1) is 0 Å². The van der Waals surface area contributed by atoms with Gasteiger partial charge in [-0.25, -0.2) is 4.90 Å². The number of halogens is 1. The van der Waals surface area contributed by atoms with Crippen LogP contribution < -0.4 is 19.7 Å². The lowest BCUT2D eigenvalue weighted by atomic mass is 9.99. The molecule has 1 aliphatic heterocycles. The first-order chi connectivity index (χ1) is 15.8. The molecule has 1 heterocycles. The molecule has 0 spiro atoms. The number of rotatable bonds is 6. The van der Waals surface area contributed by atoms with E-state index in [0.29, 0.717) is 33.5 Å². The number of imide groups is 1. The fourth-order valence-corrected chi connectivity index (χ4v) is 3.94. The molecule has 3 aromatic carbocycles. The lowest BCUT2D eigenvalue weighted by Crippen LogP contribution is -2.32. The maximum absolute atomic E-state index is 13.6. The van der Waals surface area contributed by atoms with Crippen molar-refractivity contribution in [3.63, 3.8) is 0 Å². The third-order valence-electron chi connectivity index (χ3n) is 5.63. The molecule has 0 saturated heterocycles. The van der Waals surface area contributed by atoms with E-state index in [0.717, 1.165) is 16.0 Å². The van der Waals surface area contributed by atoms with Crippen LogP contribution in [-0.2, 0) is 9.59 Å². The molecule has 0 bridgehead atoms. The zero-order valence-electron chi connectivity index (χ0n) is 18.7. The van der Waals surface area contributed by atoms with E-state index in [4.69, 9.17) is 21.1 Å². The van der Waals surface area contributed by atoms with Gasteiger partial charge >= 0.3 is 0 Å². The van der Waals surface area contributed by atoms with Gasteiger partial charge in [0.15, 0.2) is 11.5 Å². The number of hydrogen-bond donors (Lipinski definition) is 1. The number of benzene rings is 3. The summed E-state index contributed by atoms with van der Waals surface area (Å²) in [5.41, 5.74) is 4.10. The minimum atomic E-state index is -0.490. The van der Waals surface area contributed by atoms with Crippen molar-refractivity contribution in [1.82, 2.24) is 0 Å². The monoisotopic (exact) mass is 462 g/mol. The van der Waals surface area contributed by atoms with Crippen LogP contribution in [0.3, 0.4) is 0 Å². The molecule has 1 N–H and O–H groups in total. The summed E-state index contributed by atoms with van der Waals surface area (Å²) >= 11 is 6.34. The van der Waals surface area contributed by atoms with Gasteiger partial charge < -0.3 is 14.8 Å². The van der Waals surface area contributed by atoms with E-state index < -0.39 is 11.8 Å². The molecule has 4 rings (SSSR count). The maximum atomic E-state index is 13.6. The number of aryl methyl sites for hydroxylation is 2. The SMILES string of the molecule is COc1ccc(NC2=C(c3ccc(C)c(C)c3)C(=O)N(c3ccccc3Cl)C2=O)cc1OC. The lowest BCUT2D eigenvalue weighted by molar-refractivity contribution is -0.120. The molecule has 0 aliphatic carbocycles. The highest BCUT2D eigenvalue weighted by atomic mass is 35.5. The molecule has 7 heteroatoms. The van der Waals surface area contributed by atoms with Crippen LogP contribution in [0.1, 0.15) is 16.7 Å². The smallest absolute Gasteiger partial charge is 0.282 e. The number of ether oxygens (including phenoxy) is 2. The highest BCUT2D eigenvalue weighted by Gasteiger charge is 2.41. The standard InChI is InChI=1S/C26H23ClN2O4/c1-15-9-10-17(13-16(15)2)23-24(28-18-11-12-21(32-3)22(14-18)33-4)26(31)29(25(23)30)20-8-6-5-7-19(20)27/h5-14,28H,1-4H3. The maximum Gasteiger partial charge on any atom is 0.282 e. The topological polar surface area (TPSA) is 67.9 Å². The average molecular weight is 463 g/mol. The van der Waals surface area contributed by atoms with Crippen LogP contribution in [0.4, 0.5) is 11.4 Å². The Hall–Kier alpha value is -3.77. The van der Waals surface area contributed by atoms with Crippen molar-refractivity contribution in [2.24, 2.45) is 0 Å². The molecular formula is C26H23ClN2O4. The third kappa shape index (κ3) is 4.05. The first kappa shape index (κ1) is 22.4. The summed E-state index contributed by atoms with van der Waals surface area (Å²) in [6, 6.07) is 17.6. The Bertz CT molecular complexity index is 1300. The first-order valence-corrected chi connectivity index (χ1v) is 10.7. The molecule has 168 valence electrons. The normalized spacial score (nSPS) is 13.5. The molecule has 33 heavy (non-hydrogen) atoms. The van der Waals surface area contributed by atoms with Gasteiger partial charge in [-0.1, -0.05) is 41.9 Å². The Morgan fingerprint density at radius 1 is 0.818 bits per heavy atom. The van der Waals surface area contributed by atoms with Gasteiger partial charge in [0, 0.05) is 11.8 Å². The van der Waals surface area contributed by atoms with Gasteiger partial charge in [-0.3, -0.25) is 9.59 Å². The number of methoxy groups -OCH3 is 2. The van der Waals surface area contributed by atoms with Crippen molar-refractivity contribution in [2.75, 3.05) is 24.4 Å². The largest absolute Gasteiger partial charge is 0.493 e. The van der Waals surface area contributed by atoms with E-state index in [-0.39, 0.29) is 11.3 Å². The summed E-state index contributed by atoms with van der Waals surface area (Å²) in [6.45, 7) is 3.96. The van der Waals surface area contributed by atoms with Crippen LogP contribution in [0, 0.1) is 13.8 Å². The molecule has 0 aromatic heterocycles. The second kappa shape index (κ2) is 9.00. The summed E-state index contributed by atoms with van der Waals surface area (Å²) in [6.07, 6.45) is 0. The van der Waals surface area contributed by atoms with Crippen molar-refractivity contribution in [3.8, 4) is 11.5 Å². The fourth-order valence-electron chi connectivity index (χ4n) is 3.72. The number of amides is 2. The van der Waals surface area contributed by atoms with Gasteiger partial charge in [0.1, 0.15) is 5.70 Å². The van der Waals surface area contributed by atoms with E-state index >= 15 is 0 Å². The Morgan fingerprint density at radius 3 is 2.21 bits per heavy atom. The molecule has 0 fully saturated rings. The van der Waals surface area contributed by atoms with Crippen molar-refractivity contribution in [2.45, 2.75) is 13.8 Å². The van der Waals surface area contributed by atoms with Crippen LogP contribution in [0.5, 0.6) is 11.5 Å². The zero-order valence-corrected chi connectivity index (χ0v) is 19.5. The molecule has 0 radical (unpaired) electrons. The zero-order chi connectivity index (χ0) is 23.7. The van der Waals surface area contributed by atoms with E-state index in [2.05, 4.69) is 5.32 Å². The summed E-state index contributed by atoms with van der Waals surface area (Å²) in [5.74, 6) is 0.115. The van der Waals surface area contributed by atoms with Gasteiger partial charge in [0.2, 0.25) is 0 Å². The predicted molar refractivity (Wildman–Crippen MR) is 130 cm³/mol. The number of anilines is 2. The number of para-hydroxylation sites is 1. The second-order valence-electron chi connectivity index (χ2n) is 7.64. The summed E-state index contributed by atoms with van der Waals surface area (Å²) in [4.78, 5) is 28.3. The van der Waals surface area contributed by atoms with Crippen molar-refractivity contribution in [3.05, 3.63) is 88.1 Å². The number of nitrogens with zero attached hydrogens (tertiary/aromatic N) is 1. The van der Waals surface area contributed by atoms with Crippen LogP contribution in [0.2, 0.25) is 5.02 Å². The summed E-state index contributed by atoms with van der Waals surface area (Å²) in [7, 11) is 3.08. The van der Waals surface area contributed by atoms with Gasteiger partial charge in [0.25, 0.3) is 11.8 Å². The van der Waals surface area contributed by atoms with Gasteiger partial charge in [-0.05, 0) is 54.8 Å². The van der Waals surface area contributed by atoms with Crippen molar-refractivity contribution >= 4 is 40.4 Å². The lowest BCUT2D eigenvalue weighted by Gasteiger charge is -2.17. The Labute approximate surface area is 197 Å². The van der Waals surface area contributed by atoms with Gasteiger partial charge in [0.05, 0.1) is 30.5 Å².